The smallest absolute Gasteiger partial charge is 0.338 e. The van der Waals surface area contributed by atoms with E-state index >= 15 is 0 Å². The number of hydrogen-bond acceptors (Lipinski definition) is 7. The van der Waals surface area contributed by atoms with E-state index in [0.717, 1.165) is 0 Å². The van der Waals surface area contributed by atoms with Crippen LogP contribution in [0.4, 0.5) is 5.69 Å². The molecule has 0 saturated carbocycles. The molecule has 4 aromatic rings. The number of carbonyl (C=O) groups excluding carboxylic acids is 1. The molecular weight excluding hydrogens is 470 g/mol. The van der Waals surface area contributed by atoms with Gasteiger partial charge >= 0.3 is 11.6 Å². The molecule has 0 aliphatic carbocycles. The van der Waals surface area contributed by atoms with E-state index in [1.54, 1.807) is 50.2 Å². The highest BCUT2D eigenvalue weighted by atomic mass is 32.2. The van der Waals surface area contributed by atoms with Crippen molar-refractivity contribution < 1.29 is 27.5 Å². The maximum Gasteiger partial charge on any atom is 0.338 e. The SMILES string of the molecule is CCN(c1ccccc1)S(=O)(=O)c1cccc(C(=O)OCc2cc(=O)oc3c(C)c(O)ccc23)c1. The van der Waals surface area contributed by atoms with Crippen molar-refractivity contribution in [2.75, 3.05) is 10.8 Å². The van der Waals surface area contributed by atoms with Gasteiger partial charge in [0.05, 0.1) is 16.1 Å². The van der Waals surface area contributed by atoms with E-state index in [9.17, 15) is 23.1 Å². The lowest BCUT2D eigenvalue weighted by Gasteiger charge is -2.23. The van der Waals surface area contributed by atoms with Gasteiger partial charge in [0.2, 0.25) is 0 Å². The second-order valence-electron chi connectivity index (χ2n) is 7.79. The van der Waals surface area contributed by atoms with Crippen LogP contribution in [0.25, 0.3) is 11.0 Å². The lowest BCUT2D eigenvalue weighted by atomic mass is 10.1. The normalized spacial score (nSPS) is 11.4. The number of rotatable bonds is 7. The summed E-state index contributed by atoms with van der Waals surface area (Å²) in [5, 5.41) is 10.4. The van der Waals surface area contributed by atoms with Crippen molar-refractivity contribution in [3.63, 3.8) is 0 Å². The first-order chi connectivity index (χ1) is 16.7. The Morgan fingerprint density at radius 3 is 2.49 bits per heavy atom. The standard InChI is InChI=1S/C26H23NO7S/c1-3-27(20-9-5-4-6-10-20)35(31,32)21-11-7-8-18(14-21)26(30)33-16-19-15-24(29)34-25-17(2)23(28)13-12-22(19)25/h4-15,28H,3,16H2,1-2H3. The summed E-state index contributed by atoms with van der Waals surface area (Å²) < 4.78 is 38.4. The molecule has 0 radical (unpaired) electrons. The van der Waals surface area contributed by atoms with E-state index in [1.165, 1.54) is 40.7 Å². The van der Waals surface area contributed by atoms with Gasteiger partial charge in [-0.3, -0.25) is 4.31 Å². The van der Waals surface area contributed by atoms with Crippen LogP contribution in [0.3, 0.4) is 0 Å². The maximum absolute atomic E-state index is 13.3. The number of hydrogen-bond donors (Lipinski definition) is 1. The highest BCUT2D eigenvalue weighted by Crippen LogP contribution is 2.28. The summed E-state index contributed by atoms with van der Waals surface area (Å²) in [6.07, 6.45) is 0. The van der Waals surface area contributed by atoms with Gasteiger partial charge in [-0.2, -0.15) is 0 Å². The number of carbonyl (C=O) groups is 1. The highest BCUT2D eigenvalue weighted by molar-refractivity contribution is 7.92. The molecule has 0 aliphatic rings. The van der Waals surface area contributed by atoms with Crippen LogP contribution in [0.2, 0.25) is 0 Å². The molecule has 9 heteroatoms. The summed E-state index contributed by atoms with van der Waals surface area (Å²) in [7, 11) is -3.92. The summed E-state index contributed by atoms with van der Waals surface area (Å²) in [5.41, 5.74) is 0.917. The lowest BCUT2D eigenvalue weighted by Crippen LogP contribution is -2.30. The predicted molar refractivity (Wildman–Crippen MR) is 131 cm³/mol. The fraction of sp³-hybridized carbons (Fsp3) is 0.154. The van der Waals surface area contributed by atoms with Gasteiger partial charge in [-0.05, 0) is 56.3 Å². The van der Waals surface area contributed by atoms with Crippen molar-refractivity contribution >= 4 is 32.6 Å². The third-order valence-corrected chi connectivity index (χ3v) is 7.46. The van der Waals surface area contributed by atoms with Crippen LogP contribution in [-0.4, -0.2) is 26.0 Å². The van der Waals surface area contributed by atoms with Crippen LogP contribution in [0.5, 0.6) is 5.75 Å². The first kappa shape index (κ1) is 24.0. The fourth-order valence-electron chi connectivity index (χ4n) is 3.76. The quantitative estimate of drug-likeness (QED) is 0.300. The number of phenolic OH excluding ortho intramolecular Hbond substituents is 1. The number of phenols is 1. The van der Waals surface area contributed by atoms with Gasteiger partial charge in [0.15, 0.2) is 0 Å². The minimum absolute atomic E-state index is 0.0237. The van der Waals surface area contributed by atoms with Crippen LogP contribution >= 0.6 is 0 Å². The van der Waals surface area contributed by atoms with E-state index in [-0.39, 0.29) is 34.9 Å². The lowest BCUT2D eigenvalue weighted by molar-refractivity contribution is 0.0473. The Morgan fingerprint density at radius 2 is 1.77 bits per heavy atom. The molecule has 1 aromatic heterocycles. The van der Waals surface area contributed by atoms with Crippen LogP contribution in [0.15, 0.2) is 86.9 Å². The zero-order valence-electron chi connectivity index (χ0n) is 19.1. The molecule has 0 spiro atoms. The van der Waals surface area contributed by atoms with Crippen molar-refractivity contribution in [2.24, 2.45) is 0 Å². The Balaban J connectivity index is 1.60. The molecule has 0 bridgehead atoms. The topological polar surface area (TPSA) is 114 Å². The number of ether oxygens (including phenoxy) is 1. The summed E-state index contributed by atoms with van der Waals surface area (Å²) in [5.74, 6) is -0.772. The molecule has 3 aromatic carbocycles. The van der Waals surface area contributed by atoms with Crippen LogP contribution in [-0.2, 0) is 21.4 Å². The predicted octanol–water partition coefficient (Wildman–Crippen LogP) is 4.38. The summed E-state index contributed by atoms with van der Waals surface area (Å²) in [4.78, 5) is 24.7. The molecule has 0 unspecified atom stereocenters. The van der Waals surface area contributed by atoms with Gasteiger partial charge in [0.25, 0.3) is 10.0 Å². The van der Waals surface area contributed by atoms with E-state index in [4.69, 9.17) is 9.15 Å². The molecule has 0 aliphatic heterocycles. The molecule has 0 fully saturated rings. The van der Waals surface area contributed by atoms with Crippen molar-refractivity contribution in [1.29, 1.82) is 0 Å². The second kappa shape index (κ2) is 9.63. The maximum atomic E-state index is 13.3. The molecule has 0 amide bonds. The van der Waals surface area contributed by atoms with Crippen molar-refractivity contribution in [3.8, 4) is 5.75 Å². The zero-order chi connectivity index (χ0) is 25.2. The monoisotopic (exact) mass is 493 g/mol. The Morgan fingerprint density at radius 1 is 1.03 bits per heavy atom. The van der Waals surface area contributed by atoms with Crippen molar-refractivity contribution in [1.82, 2.24) is 0 Å². The summed E-state index contributed by atoms with van der Waals surface area (Å²) in [6.45, 7) is 3.30. The third-order valence-electron chi connectivity index (χ3n) is 5.57. The molecule has 0 saturated heterocycles. The van der Waals surface area contributed by atoms with Crippen LogP contribution in [0.1, 0.15) is 28.4 Å². The molecule has 35 heavy (non-hydrogen) atoms. The molecule has 8 nitrogen and oxygen atoms in total. The fourth-order valence-corrected chi connectivity index (χ4v) is 5.28. The van der Waals surface area contributed by atoms with Crippen LogP contribution in [0, 0.1) is 6.92 Å². The Bertz CT molecular complexity index is 1560. The first-order valence-corrected chi connectivity index (χ1v) is 12.3. The summed E-state index contributed by atoms with van der Waals surface area (Å²) >= 11 is 0. The number of fused-ring (bicyclic) bond motifs is 1. The molecule has 1 N–H and O–H groups in total. The van der Waals surface area contributed by atoms with E-state index < -0.39 is 21.6 Å². The van der Waals surface area contributed by atoms with Gasteiger partial charge in [-0.15, -0.1) is 0 Å². The molecule has 180 valence electrons. The van der Waals surface area contributed by atoms with Gasteiger partial charge in [-0.25, -0.2) is 18.0 Å². The molecular formula is C26H23NO7S. The number of para-hydroxylation sites is 1. The number of benzene rings is 3. The molecule has 4 rings (SSSR count). The Labute approximate surface area is 202 Å². The van der Waals surface area contributed by atoms with E-state index in [0.29, 0.717) is 22.2 Å². The highest BCUT2D eigenvalue weighted by Gasteiger charge is 2.24. The number of aryl methyl sites for hydroxylation is 1. The Kier molecular flexibility index (Phi) is 6.61. The number of nitrogens with zero attached hydrogens (tertiary/aromatic N) is 1. The average molecular weight is 494 g/mol. The molecule has 1 heterocycles. The minimum Gasteiger partial charge on any atom is -0.508 e. The largest absolute Gasteiger partial charge is 0.508 e. The van der Waals surface area contributed by atoms with Crippen molar-refractivity contribution in [3.05, 3.63) is 99.9 Å². The second-order valence-corrected chi connectivity index (χ2v) is 9.65. The van der Waals surface area contributed by atoms with Crippen molar-refractivity contribution in [2.45, 2.75) is 25.3 Å². The molecule has 0 atom stereocenters. The van der Waals surface area contributed by atoms with Gasteiger partial charge in [0, 0.05) is 29.1 Å². The average Bonchev–Trinajstić information content (AvgIpc) is 2.86. The van der Waals surface area contributed by atoms with Gasteiger partial charge < -0.3 is 14.3 Å². The van der Waals surface area contributed by atoms with E-state index in [2.05, 4.69) is 0 Å². The van der Waals surface area contributed by atoms with E-state index in [1.807, 2.05) is 0 Å². The van der Waals surface area contributed by atoms with Gasteiger partial charge in [0.1, 0.15) is 17.9 Å². The van der Waals surface area contributed by atoms with Gasteiger partial charge in [-0.1, -0.05) is 24.3 Å². The summed E-state index contributed by atoms with van der Waals surface area (Å²) in [6, 6.07) is 18.5. The third kappa shape index (κ3) is 4.76. The number of anilines is 1. The number of aromatic hydroxyl groups is 1. The minimum atomic E-state index is -3.92. The first-order valence-electron chi connectivity index (χ1n) is 10.8. The number of sulfonamides is 1. The Hall–Kier alpha value is -4.11. The number of esters is 1. The zero-order valence-corrected chi connectivity index (χ0v) is 19.9. The van der Waals surface area contributed by atoms with Crippen LogP contribution < -0.4 is 9.93 Å².